The Morgan fingerprint density at radius 1 is 1.50 bits per heavy atom. The molecule has 0 radical (unpaired) electrons. The first-order chi connectivity index (χ1) is 6.75. The van der Waals surface area contributed by atoms with Crippen molar-refractivity contribution in [3.05, 3.63) is 34.9 Å². The van der Waals surface area contributed by atoms with Crippen molar-refractivity contribution in [1.29, 1.82) is 0 Å². The molecule has 14 heavy (non-hydrogen) atoms. The van der Waals surface area contributed by atoms with Crippen molar-refractivity contribution in [2.75, 3.05) is 11.5 Å². The lowest BCUT2D eigenvalue weighted by atomic mass is 10.1. The summed E-state index contributed by atoms with van der Waals surface area (Å²) in [7, 11) is 0. The van der Waals surface area contributed by atoms with Gasteiger partial charge >= 0.3 is 0 Å². The molecule has 1 aromatic carbocycles. The van der Waals surface area contributed by atoms with E-state index in [1.54, 1.807) is 11.8 Å². The van der Waals surface area contributed by atoms with Crippen molar-refractivity contribution in [3.63, 3.8) is 0 Å². The van der Waals surface area contributed by atoms with Crippen LogP contribution in [0, 0.1) is 0 Å². The lowest BCUT2D eigenvalue weighted by molar-refractivity contribution is -0.119. The molecule has 1 aliphatic rings. The van der Waals surface area contributed by atoms with Gasteiger partial charge in [0.25, 0.3) is 0 Å². The quantitative estimate of drug-likeness (QED) is 0.798. The molecular formula is C10H10ClNOS. The summed E-state index contributed by atoms with van der Waals surface area (Å²) < 4.78 is 0. The lowest BCUT2D eigenvalue weighted by Gasteiger charge is -2.23. The first kappa shape index (κ1) is 9.87. The zero-order valence-electron chi connectivity index (χ0n) is 7.50. The summed E-state index contributed by atoms with van der Waals surface area (Å²) in [6.07, 6.45) is 0. The fourth-order valence-corrected chi connectivity index (χ4v) is 2.55. The van der Waals surface area contributed by atoms with E-state index in [0.29, 0.717) is 10.8 Å². The molecule has 1 atom stereocenters. The Kier molecular flexibility index (Phi) is 2.99. The highest BCUT2D eigenvalue weighted by atomic mass is 35.5. The van der Waals surface area contributed by atoms with Gasteiger partial charge < -0.3 is 5.32 Å². The third-order valence-electron chi connectivity index (χ3n) is 2.10. The van der Waals surface area contributed by atoms with E-state index in [-0.39, 0.29) is 11.9 Å². The van der Waals surface area contributed by atoms with Crippen LogP contribution in [-0.2, 0) is 4.79 Å². The van der Waals surface area contributed by atoms with E-state index in [2.05, 4.69) is 5.32 Å². The first-order valence-electron chi connectivity index (χ1n) is 4.38. The van der Waals surface area contributed by atoms with Crippen LogP contribution in [0.4, 0.5) is 0 Å². The predicted octanol–water partition coefficient (Wildman–Crippen LogP) is 2.24. The van der Waals surface area contributed by atoms with Gasteiger partial charge in [-0.1, -0.05) is 23.7 Å². The van der Waals surface area contributed by atoms with E-state index in [1.807, 2.05) is 24.3 Å². The Morgan fingerprint density at radius 3 is 3.07 bits per heavy atom. The molecule has 2 nitrogen and oxygen atoms in total. The zero-order chi connectivity index (χ0) is 9.97. The van der Waals surface area contributed by atoms with Crippen molar-refractivity contribution in [3.8, 4) is 0 Å². The van der Waals surface area contributed by atoms with E-state index < -0.39 is 0 Å². The molecule has 1 aliphatic heterocycles. The van der Waals surface area contributed by atoms with Crippen LogP contribution in [0.3, 0.4) is 0 Å². The maximum Gasteiger partial charge on any atom is 0.230 e. The zero-order valence-corrected chi connectivity index (χ0v) is 9.07. The topological polar surface area (TPSA) is 29.1 Å². The van der Waals surface area contributed by atoms with Crippen LogP contribution >= 0.6 is 23.4 Å². The van der Waals surface area contributed by atoms with Crippen LogP contribution < -0.4 is 5.32 Å². The fourth-order valence-electron chi connectivity index (χ4n) is 1.45. The highest BCUT2D eigenvalue weighted by Crippen LogP contribution is 2.24. The molecule has 1 fully saturated rings. The molecule has 1 N–H and O–H groups in total. The number of carbonyl (C=O) groups is 1. The van der Waals surface area contributed by atoms with Gasteiger partial charge in [-0.05, 0) is 17.7 Å². The molecule has 2 rings (SSSR count). The van der Waals surface area contributed by atoms with Gasteiger partial charge in [-0.3, -0.25) is 4.79 Å². The van der Waals surface area contributed by atoms with Gasteiger partial charge in [-0.2, -0.15) is 0 Å². The van der Waals surface area contributed by atoms with Crippen LogP contribution in [0.2, 0.25) is 5.02 Å². The summed E-state index contributed by atoms with van der Waals surface area (Å²) in [5, 5.41) is 3.66. The van der Waals surface area contributed by atoms with Crippen LogP contribution in [0.15, 0.2) is 24.3 Å². The molecule has 1 unspecified atom stereocenters. The predicted molar refractivity (Wildman–Crippen MR) is 59.7 cm³/mol. The second kappa shape index (κ2) is 4.24. The summed E-state index contributed by atoms with van der Waals surface area (Å²) in [6.45, 7) is 0. The summed E-state index contributed by atoms with van der Waals surface area (Å²) in [4.78, 5) is 11.2. The maximum absolute atomic E-state index is 11.2. The van der Waals surface area contributed by atoms with Crippen molar-refractivity contribution in [2.45, 2.75) is 6.04 Å². The molecule has 1 saturated heterocycles. The number of halogens is 1. The number of rotatable bonds is 1. The fraction of sp³-hybridized carbons (Fsp3) is 0.300. The second-order valence-corrected chi connectivity index (χ2v) is 4.66. The highest BCUT2D eigenvalue weighted by Gasteiger charge is 2.19. The third-order valence-corrected chi connectivity index (χ3v) is 3.37. The van der Waals surface area contributed by atoms with E-state index in [9.17, 15) is 4.79 Å². The molecule has 0 aromatic heterocycles. The molecule has 1 amide bonds. The van der Waals surface area contributed by atoms with Crippen molar-refractivity contribution < 1.29 is 4.79 Å². The minimum absolute atomic E-state index is 0.103. The Morgan fingerprint density at radius 2 is 2.36 bits per heavy atom. The minimum atomic E-state index is 0.103. The number of hydrogen-bond acceptors (Lipinski definition) is 2. The van der Waals surface area contributed by atoms with Crippen molar-refractivity contribution >= 4 is 29.3 Å². The molecule has 1 heterocycles. The average Bonchev–Trinajstić information content (AvgIpc) is 2.18. The Balaban J connectivity index is 2.17. The number of hydrogen-bond donors (Lipinski definition) is 1. The maximum atomic E-state index is 11.2. The van der Waals surface area contributed by atoms with E-state index in [1.165, 1.54) is 0 Å². The summed E-state index contributed by atoms with van der Waals surface area (Å²) in [5.74, 6) is 1.59. The van der Waals surface area contributed by atoms with E-state index >= 15 is 0 Å². The van der Waals surface area contributed by atoms with Gasteiger partial charge in [0, 0.05) is 10.8 Å². The number of nitrogens with one attached hydrogen (secondary N) is 1. The monoisotopic (exact) mass is 227 g/mol. The van der Waals surface area contributed by atoms with E-state index in [4.69, 9.17) is 11.6 Å². The van der Waals surface area contributed by atoms with Crippen LogP contribution in [0.5, 0.6) is 0 Å². The van der Waals surface area contributed by atoms with Crippen molar-refractivity contribution in [1.82, 2.24) is 5.32 Å². The molecule has 1 aromatic rings. The molecule has 0 aliphatic carbocycles. The third kappa shape index (κ3) is 2.22. The molecule has 0 spiro atoms. The molecule has 0 saturated carbocycles. The lowest BCUT2D eigenvalue weighted by Crippen LogP contribution is -2.35. The molecule has 74 valence electrons. The van der Waals surface area contributed by atoms with Gasteiger partial charge in [-0.15, -0.1) is 11.8 Å². The summed E-state index contributed by atoms with van der Waals surface area (Å²) in [5.41, 5.74) is 1.08. The summed E-state index contributed by atoms with van der Waals surface area (Å²) >= 11 is 7.54. The molecule has 0 bridgehead atoms. The Hall–Kier alpha value is -0.670. The number of amides is 1. The van der Waals surface area contributed by atoms with Crippen LogP contribution in [0.1, 0.15) is 11.6 Å². The average molecular weight is 228 g/mol. The number of benzene rings is 1. The SMILES string of the molecule is O=C1CSCC(c2cccc(Cl)c2)N1. The van der Waals surface area contributed by atoms with Gasteiger partial charge in [0.2, 0.25) is 5.91 Å². The number of thioether (sulfide) groups is 1. The Bertz CT molecular complexity index is 356. The largest absolute Gasteiger partial charge is 0.348 e. The minimum Gasteiger partial charge on any atom is -0.348 e. The van der Waals surface area contributed by atoms with Crippen LogP contribution in [-0.4, -0.2) is 17.4 Å². The first-order valence-corrected chi connectivity index (χ1v) is 5.91. The van der Waals surface area contributed by atoms with Gasteiger partial charge in [0.05, 0.1) is 11.8 Å². The van der Waals surface area contributed by atoms with Crippen molar-refractivity contribution in [2.24, 2.45) is 0 Å². The molecular weight excluding hydrogens is 218 g/mol. The van der Waals surface area contributed by atoms with Gasteiger partial charge in [-0.25, -0.2) is 0 Å². The van der Waals surface area contributed by atoms with Gasteiger partial charge in [0.15, 0.2) is 0 Å². The van der Waals surface area contributed by atoms with E-state index in [0.717, 1.165) is 11.3 Å². The normalized spacial score (nSPS) is 21.8. The highest BCUT2D eigenvalue weighted by molar-refractivity contribution is 8.00. The standard InChI is InChI=1S/C10H10ClNOS/c11-8-3-1-2-7(4-8)9-5-14-6-10(13)12-9/h1-4,9H,5-6H2,(H,12,13). The van der Waals surface area contributed by atoms with Gasteiger partial charge in [0.1, 0.15) is 0 Å². The smallest absolute Gasteiger partial charge is 0.230 e. The van der Waals surface area contributed by atoms with Crippen LogP contribution in [0.25, 0.3) is 0 Å². The Labute approximate surface area is 92.0 Å². The molecule has 4 heteroatoms. The summed E-state index contributed by atoms with van der Waals surface area (Å²) in [6, 6.07) is 7.74. The number of carbonyl (C=O) groups excluding carboxylic acids is 1. The second-order valence-electron chi connectivity index (χ2n) is 3.19.